The Labute approximate surface area is 151 Å². The molecule has 1 aromatic carbocycles. The fourth-order valence-corrected chi connectivity index (χ4v) is 4.31. The van der Waals surface area contributed by atoms with Crippen LogP contribution >= 0.6 is 0 Å². The molecule has 138 valence electrons. The molecule has 0 aromatic heterocycles. The summed E-state index contributed by atoms with van der Waals surface area (Å²) in [6, 6.07) is 4.47. The van der Waals surface area contributed by atoms with Crippen molar-refractivity contribution in [2.24, 2.45) is 0 Å². The largest absolute Gasteiger partial charge is 0.508 e. The van der Waals surface area contributed by atoms with E-state index in [1.54, 1.807) is 0 Å². The van der Waals surface area contributed by atoms with Gasteiger partial charge >= 0.3 is 0 Å². The van der Waals surface area contributed by atoms with Crippen LogP contribution in [0.5, 0.6) is 11.5 Å². The molecule has 0 unspecified atom stereocenters. The number of phenolic OH excluding ortho intramolecular Hbond substituents is 2. The molecule has 4 heteroatoms. The lowest BCUT2D eigenvalue weighted by Gasteiger charge is -2.35. The second-order valence-corrected chi connectivity index (χ2v) is 7.95. The van der Waals surface area contributed by atoms with Gasteiger partial charge in [-0.05, 0) is 69.2 Å². The summed E-state index contributed by atoms with van der Waals surface area (Å²) in [6.45, 7) is 10.8. The number of nitrogens with one attached hydrogen (secondary N) is 1. The van der Waals surface area contributed by atoms with E-state index in [1.165, 1.54) is 44.8 Å². The van der Waals surface area contributed by atoms with E-state index in [2.05, 4.69) is 16.8 Å². The maximum atomic E-state index is 10.2. The van der Waals surface area contributed by atoms with Gasteiger partial charge in [-0.15, -0.1) is 0 Å². The summed E-state index contributed by atoms with van der Waals surface area (Å²) in [5.74, 6) is 0.434. The van der Waals surface area contributed by atoms with Crippen molar-refractivity contribution >= 4 is 5.70 Å². The number of aromatic hydroxyl groups is 2. The van der Waals surface area contributed by atoms with Gasteiger partial charge in [0.2, 0.25) is 0 Å². The Kier molecular flexibility index (Phi) is 5.57. The normalized spacial score (nSPS) is 24.6. The fourth-order valence-electron chi connectivity index (χ4n) is 4.31. The summed E-state index contributed by atoms with van der Waals surface area (Å²) in [5, 5.41) is 23.7. The average Bonchev–Trinajstić information content (AvgIpc) is 3.09. The first kappa shape index (κ1) is 18.1. The fraction of sp³-hybridized carbons (Fsp3) is 0.619. The maximum absolute atomic E-state index is 10.2. The van der Waals surface area contributed by atoms with Crippen LogP contribution < -0.4 is 5.32 Å². The van der Waals surface area contributed by atoms with Gasteiger partial charge in [0.1, 0.15) is 11.5 Å². The molecule has 1 heterocycles. The van der Waals surface area contributed by atoms with Gasteiger partial charge in [-0.1, -0.05) is 20.4 Å². The first-order valence-corrected chi connectivity index (χ1v) is 9.71. The van der Waals surface area contributed by atoms with Crippen LogP contribution in [0.25, 0.3) is 5.70 Å². The molecule has 1 saturated heterocycles. The summed E-state index contributed by atoms with van der Waals surface area (Å²) < 4.78 is 0. The first-order valence-electron chi connectivity index (χ1n) is 9.71. The molecular weight excluding hydrogens is 312 g/mol. The molecule has 3 N–H and O–H groups in total. The molecule has 1 aromatic rings. The van der Waals surface area contributed by atoms with Gasteiger partial charge in [0, 0.05) is 29.4 Å². The number of nitrogens with zero attached hydrogens (tertiary/aromatic N) is 1. The predicted molar refractivity (Wildman–Crippen MR) is 103 cm³/mol. The van der Waals surface area contributed by atoms with Gasteiger partial charge < -0.3 is 20.4 Å². The Morgan fingerprint density at radius 1 is 1.08 bits per heavy atom. The SMILES string of the molecule is C=C(NC1CCC(N2CCCC2)CC1)c1cc(C(C)C)c(O)cc1O. The van der Waals surface area contributed by atoms with Crippen LogP contribution in [-0.2, 0) is 0 Å². The Hall–Kier alpha value is -1.68. The summed E-state index contributed by atoms with van der Waals surface area (Å²) in [4.78, 5) is 2.66. The zero-order chi connectivity index (χ0) is 18.0. The highest BCUT2D eigenvalue weighted by molar-refractivity contribution is 5.69. The minimum absolute atomic E-state index is 0.0881. The van der Waals surface area contributed by atoms with E-state index in [-0.39, 0.29) is 17.4 Å². The van der Waals surface area contributed by atoms with Crippen molar-refractivity contribution in [3.05, 3.63) is 29.8 Å². The van der Waals surface area contributed by atoms with Gasteiger partial charge in [-0.2, -0.15) is 0 Å². The Bertz CT molecular complexity index is 613. The van der Waals surface area contributed by atoms with E-state index in [1.807, 2.05) is 19.9 Å². The lowest BCUT2D eigenvalue weighted by molar-refractivity contribution is 0.178. The molecule has 2 aliphatic rings. The molecule has 0 bridgehead atoms. The number of hydrogen-bond acceptors (Lipinski definition) is 4. The second kappa shape index (κ2) is 7.69. The smallest absolute Gasteiger partial charge is 0.128 e. The molecule has 0 radical (unpaired) electrons. The molecule has 2 fully saturated rings. The van der Waals surface area contributed by atoms with Gasteiger partial charge in [-0.25, -0.2) is 0 Å². The standard InChI is InChI=1S/C21H32N2O2/c1-14(2)18-12-19(21(25)13-20(18)24)15(3)22-16-6-8-17(9-7-16)23-10-4-5-11-23/h12-14,16-17,22,24-25H,3-11H2,1-2H3. The van der Waals surface area contributed by atoms with Crippen molar-refractivity contribution in [2.75, 3.05) is 13.1 Å². The molecule has 0 amide bonds. The van der Waals surface area contributed by atoms with E-state index < -0.39 is 0 Å². The third-order valence-electron chi connectivity index (χ3n) is 5.82. The van der Waals surface area contributed by atoms with Crippen molar-refractivity contribution in [1.82, 2.24) is 10.2 Å². The number of phenols is 2. The molecule has 1 aliphatic heterocycles. The van der Waals surface area contributed by atoms with Gasteiger partial charge in [-0.3, -0.25) is 0 Å². The van der Waals surface area contributed by atoms with Crippen LogP contribution in [0, 0.1) is 0 Å². The van der Waals surface area contributed by atoms with Crippen LogP contribution in [0.4, 0.5) is 0 Å². The Morgan fingerprint density at radius 2 is 1.72 bits per heavy atom. The Balaban J connectivity index is 1.60. The number of hydrogen-bond donors (Lipinski definition) is 3. The van der Waals surface area contributed by atoms with Crippen LogP contribution in [0.3, 0.4) is 0 Å². The average molecular weight is 344 g/mol. The zero-order valence-electron chi connectivity index (χ0n) is 15.6. The highest BCUT2D eigenvalue weighted by Crippen LogP contribution is 2.35. The topological polar surface area (TPSA) is 55.7 Å². The second-order valence-electron chi connectivity index (χ2n) is 7.95. The lowest BCUT2D eigenvalue weighted by atomic mass is 9.89. The van der Waals surface area contributed by atoms with Crippen LogP contribution in [0.2, 0.25) is 0 Å². The highest BCUT2D eigenvalue weighted by atomic mass is 16.3. The summed E-state index contributed by atoms with van der Waals surface area (Å²) >= 11 is 0. The molecule has 3 rings (SSSR count). The molecule has 1 aliphatic carbocycles. The van der Waals surface area contributed by atoms with Crippen LogP contribution in [-0.4, -0.2) is 40.3 Å². The van der Waals surface area contributed by atoms with Crippen molar-refractivity contribution in [3.8, 4) is 11.5 Å². The van der Waals surface area contributed by atoms with E-state index in [0.29, 0.717) is 11.6 Å². The van der Waals surface area contributed by atoms with Gasteiger partial charge in [0.25, 0.3) is 0 Å². The van der Waals surface area contributed by atoms with Crippen LogP contribution in [0.15, 0.2) is 18.7 Å². The third-order valence-corrected chi connectivity index (χ3v) is 5.82. The minimum Gasteiger partial charge on any atom is -0.508 e. The van der Waals surface area contributed by atoms with Crippen molar-refractivity contribution in [3.63, 3.8) is 0 Å². The number of benzene rings is 1. The highest BCUT2D eigenvalue weighted by Gasteiger charge is 2.27. The quantitative estimate of drug-likeness (QED) is 0.750. The van der Waals surface area contributed by atoms with Crippen LogP contribution in [0.1, 0.15) is 69.4 Å². The third kappa shape index (κ3) is 4.12. The van der Waals surface area contributed by atoms with Crippen molar-refractivity contribution in [1.29, 1.82) is 0 Å². The number of likely N-dealkylation sites (tertiary alicyclic amines) is 1. The van der Waals surface area contributed by atoms with Crippen molar-refractivity contribution in [2.45, 2.75) is 70.4 Å². The summed E-state index contributed by atoms with van der Waals surface area (Å²) in [5.41, 5.74) is 2.29. The molecule has 0 atom stereocenters. The molecule has 1 saturated carbocycles. The van der Waals surface area contributed by atoms with E-state index >= 15 is 0 Å². The number of rotatable bonds is 5. The molecule has 4 nitrogen and oxygen atoms in total. The molecule has 25 heavy (non-hydrogen) atoms. The predicted octanol–water partition coefficient (Wildman–Crippen LogP) is 4.19. The Morgan fingerprint density at radius 3 is 2.32 bits per heavy atom. The zero-order valence-corrected chi connectivity index (χ0v) is 15.6. The van der Waals surface area contributed by atoms with E-state index in [4.69, 9.17) is 0 Å². The minimum atomic E-state index is 0.0881. The van der Waals surface area contributed by atoms with Gasteiger partial charge in [0.05, 0.1) is 0 Å². The lowest BCUT2D eigenvalue weighted by Crippen LogP contribution is -2.40. The molecular formula is C21H32N2O2. The van der Waals surface area contributed by atoms with E-state index in [0.717, 1.165) is 30.1 Å². The first-order chi connectivity index (χ1) is 12.0. The van der Waals surface area contributed by atoms with E-state index in [9.17, 15) is 10.2 Å². The maximum Gasteiger partial charge on any atom is 0.128 e. The molecule has 0 spiro atoms. The van der Waals surface area contributed by atoms with Gasteiger partial charge in [0.15, 0.2) is 0 Å². The summed E-state index contributed by atoms with van der Waals surface area (Å²) in [6.07, 6.45) is 7.49. The van der Waals surface area contributed by atoms with Crippen molar-refractivity contribution < 1.29 is 10.2 Å². The monoisotopic (exact) mass is 344 g/mol. The summed E-state index contributed by atoms with van der Waals surface area (Å²) in [7, 11) is 0.